The summed E-state index contributed by atoms with van der Waals surface area (Å²) in [6.07, 6.45) is 1.71. The van der Waals surface area contributed by atoms with Crippen LogP contribution in [0.25, 0.3) is 0 Å². The molecule has 184 valence electrons. The third-order valence-electron chi connectivity index (χ3n) is 6.38. The van der Waals surface area contributed by atoms with Gasteiger partial charge in [0, 0.05) is 42.1 Å². The first-order valence-electron chi connectivity index (χ1n) is 11.8. The molecule has 4 N–H and O–H groups in total. The standard InChI is InChI=1S/C27H27FN6O2/c1-17-14-33(27(36)23-6-3-11-30-23)16-22-24(26(35)31-13-19-4-2-5-21(29)12-19)32-34(25(17)22)15-18-7-9-20(28)10-8-18/h2-12,17,30H,13-16,29H2,1H3,(H,31,35). The molecular formula is C27H27FN6O2. The fourth-order valence-corrected chi connectivity index (χ4v) is 4.72. The number of halogens is 1. The minimum Gasteiger partial charge on any atom is -0.399 e. The average molecular weight is 487 g/mol. The van der Waals surface area contributed by atoms with Crippen molar-refractivity contribution in [1.29, 1.82) is 0 Å². The van der Waals surface area contributed by atoms with E-state index in [1.54, 1.807) is 46.1 Å². The summed E-state index contributed by atoms with van der Waals surface area (Å²) in [5.74, 6) is -0.825. The Balaban J connectivity index is 1.47. The maximum Gasteiger partial charge on any atom is 0.272 e. The molecule has 2 amide bonds. The lowest BCUT2D eigenvalue weighted by molar-refractivity contribution is 0.0710. The topological polar surface area (TPSA) is 109 Å². The maximum absolute atomic E-state index is 13.4. The van der Waals surface area contributed by atoms with Gasteiger partial charge in [0.25, 0.3) is 11.8 Å². The molecule has 0 saturated carbocycles. The van der Waals surface area contributed by atoms with Gasteiger partial charge in [-0.3, -0.25) is 14.3 Å². The number of anilines is 1. The van der Waals surface area contributed by atoms with Crippen molar-refractivity contribution in [1.82, 2.24) is 25.0 Å². The highest BCUT2D eigenvalue weighted by atomic mass is 19.1. The van der Waals surface area contributed by atoms with E-state index in [1.807, 2.05) is 25.1 Å². The van der Waals surface area contributed by atoms with Gasteiger partial charge in [0.05, 0.1) is 13.1 Å². The van der Waals surface area contributed by atoms with Crippen LogP contribution >= 0.6 is 0 Å². The largest absolute Gasteiger partial charge is 0.399 e. The highest BCUT2D eigenvalue weighted by Crippen LogP contribution is 2.32. The molecule has 3 heterocycles. The Kier molecular flexibility index (Phi) is 6.28. The van der Waals surface area contributed by atoms with E-state index < -0.39 is 0 Å². The molecule has 2 aromatic heterocycles. The van der Waals surface area contributed by atoms with Crippen LogP contribution in [0.15, 0.2) is 66.9 Å². The summed E-state index contributed by atoms with van der Waals surface area (Å²) in [4.78, 5) is 31.1. The highest BCUT2D eigenvalue weighted by Gasteiger charge is 2.34. The van der Waals surface area contributed by atoms with Crippen molar-refractivity contribution in [3.8, 4) is 0 Å². The molecule has 2 aromatic carbocycles. The lowest BCUT2D eigenvalue weighted by Gasteiger charge is -2.32. The van der Waals surface area contributed by atoms with Crippen LogP contribution in [0.4, 0.5) is 10.1 Å². The summed E-state index contributed by atoms with van der Waals surface area (Å²) in [5, 5.41) is 7.62. The minimum atomic E-state index is -0.326. The second-order valence-electron chi connectivity index (χ2n) is 9.09. The number of amides is 2. The molecule has 1 aliphatic rings. The van der Waals surface area contributed by atoms with Gasteiger partial charge in [-0.25, -0.2) is 4.39 Å². The van der Waals surface area contributed by atoms with Gasteiger partial charge in [-0.2, -0.15) is 5.10 Å². The lowest BCUT2D eigenvalue weighted by atomic mass is 9.95. The van der Waals surface area contributed by atoms with Crippen LogP contribution in [-0.2, 0) is 19.6 Å². The van der Waals surface area contributed by atoms with Gasteiger partial charge in [0.1, 0.15) is 11.5 Å². The van der Waals surface area contributed by atoms with Crippen LogP contribution in [-0.4, -0.2) is 38.0 Å². The quantitative estimate of drug-likeness (QED) is 0.361. The Hall–Kier alpha value is -4.40. The molecule has 9 heteroatoms. The number of nitrogens with two attached hydrogens (primary N) is 1. The molecule has 1 atom stereocenters. The number of benzene rings is 2. The molecule has 36 heavy (non-hydrogen) atoms. The van der Waals surface area contributed by atoms with E-state index in [2.05, 4.69) is 15.4 Å². The summed E-state index contributed by atoms with van der Waals surface area (Å²) in [6.45, 7) is 3.46. The molecule has 0 saturated heterocycles. The smallest absolute Gasteiger partial charge is 0.272 e. The summed E-state index contributed by atoms with van der Waals surface area (Å²) in [7, 11) is 0. The molecule has 0 aliphatic carbocycles. The van der Waals surface area contributed by atoms with Gasteiger partial charge >= 0.3 is 0 Å². The highest BCUT2D eigenvalue weighted by molar-refractivity contribution is 5.95. The molecule has 0 spiro atoms. The number of carbonyl (C=O) groups excluding carboxylic acids is 2. The van der Waals surface area contributed by atoms with Crippen LogP contribution in [0, 0.1) is 5.82 Å². The zero-order chi connectivity index (χ0) is 25.2. The summed E-state index contributed by atoms with van der Waals surface area (Å²) in [5.41, 5.74) is 10.6. The molecule has 0 bridgehead atoms. The molecule has 1 aliphatic heterocycles. The van der Waals surface area contributed by atoms with E-state index in [1.165, 1.54) is 12.1 Å². The van der Waals surface area contributed by atoms with Gasteiger partial charge in [-0.05, 0) is 47.5 Å². The van der Waals surface area contributed by atoms with Gasteiger partial charge < -0.3 is 20.9 Å². The van der Waals surface area contributed by atoms with Crippen LogP contribution in [0.1, 0.15) is 56.2 Å². The monoisotopic (exact) mass is 486 g/mol. The average Bonchev–Trinajstić information content (AvgIpc) is 3.52. The molecule has 0 radical (unpaired) electrons. The number of rotatable bonds is 6. The first-order valence-corrected chi connectivity index (χ1v) is 11.8. The molecule has 8 nitrogen and oxygen atoms in total. The number of hydrogen-bond donors (Lipinski definition) is 3. The van der Waals surface area contributed by atoms with Gasteiger partial charge in [-0.1, -0.05) is 31.2 Å². The first kappa shape index (κ1) is 23.3. The SMILES string of the molecule is CC1CN(C(=O)c2ccc[nH]2)Cc2c(C(=O)NCc3cccc(N)c3)nn(Cc3ccc(F)cc3)c21. The van der Waals surface area contributed by atoms with Gasteiger partial charge in [0.2, 0.25) is 0 Å². The van der Waals surface area contributed by atoms with E-state index in [4.69, 9.17) is 5.73 Å². The molecule has 0 fully saturated rings. The zero-order valence-corrected chi connectivity index (χ0v) is 19.9. The second-order valence-corrected chi connectivity index (χ2v) is 9.09. The van der Waals surface area contributed by atoms with E-state index in [9.17, 15) is 14.0 Å². The second kappa shape index (κ2) is 9.69. The number of fused-ring (bicyclic) bond motifs is 1. The van der Waals surface area contributed by atoms with E-state index in [-0.39, 0.29) is 35.8 Å². The fourth-order valence-electron chi connectivity index (χ4n) is 4.72. The van der Waals surface area contributed by atoms with Crippen molar-refractivity contribution < 1.29 is 14.0 Å². The Morgan fingerprint density at radius 3 is 2.67 bits per heavy atom. The molecular weight excluding hydrogens is 459 g/mol. The van der Waals surface area contributed by atoms with E-state index in [0.717, 1.165) is 22.4 Å². The Morgan fingerprint density at radius 2 is 1.94 bits per heavy atom. The number of aromatic amines is 1. The maximum atomic E-state index is 13.4. The van der Waals surface area contributed by atoms with E-state index in [0.29, 0.717) is 31.0 Å². The normalized spacial score (nSPS) is 14.9. The zero-order valence-electron chi connectivity index (χ0n) is 19.9. The summed E-state index contributed by atoms with van der Waals surface area (Å²) in [6, 6.07) is 17.1. The number of nitrogen functional groups attached to an aromatic ring is 1. The van der Waals surface area contributed by atoms with Crippen LogP contribution in [0.2, 0.25) is 0 Å². The van der Waals surface area contributed by atoms with Crippen molar-refractivity contribution >= 4 is 17.5 Å². The third kappa shape index (κ3) is 4.72. The number of nitrogens with zero attached hydrogens (tertiary/aromatic N) is 3. The van der Waals surface area contributed by atoms with Crippen molar-refractivity contribution in [2.45, 2.75) is 32.5 Å². The van der Waals surface area contributed by atoms with Crippen LogP contribution in [0.3, 0.4) is 0 Å². The number of H-pyrrole nitrogens is 1. The fraction of sp³-hybridized carbons (Fsp3) is 0.222. The summed E-state index contributed by atoms with van der Waals surface area (Å²) >= 11 is 0. The van der Waals surface area contributed by atoms with E-state index >= 15 is 0 Å². The number of aromatic nitrogens is 3. The molecule has 1 unspecified atom stereocenters. The predicted octanol–water partition coefficient (Wildman–Crippen LogP) is 3.67. The third-order valence-corrected chi connectivity index (χ3v) is 6.38. The molecule has 4 aromatic rings. The lowest BCUT2D eigenvalue weighted by Crippen LogP contribution is -2.39. The van der Waals surface area contributed by atoms with Crippen molar-refractivity contribution in [2.75, 3.05) is 12.3 Å². The van der Waals surface area contributed by atoms with Crippen LogP contribution in [0.5, 0.6) is 0 Å². The summed E-state index contributed by atoms with van der Waals surface area (Å²) < 4.78 is 15.2. The van der Waals surface area contributed by atoms with Crippen LogP contribution < -0.4 is 11.1 Å². The minimum absolute atomic E-state index is 0.0592. The number of nitrogens with one attached hydrogen (secondary N) is 2. The Bertz CT molecular complexity index is 1390. The molecule has 5 rings (SSSR count). The first-order chi connectivity index (χ1) is 17.4. The van der Waals surface area contributed by atoms with Gasteiger partial charge in [0.15, 0.2) is 5.69 Å². The number of carbonyl (C=O) groups is 2. The van der Waals surface area contributed by atoms with Crippen molar-refractivity contribution in [2.24, 2.45) is 0 Å². The van der Waals surface area contributed by atoms with Gasteiger partial charge in [-0.15, -0.1) is 0 Å². The van der Waals surface area contributed by atoms with Crippen molar-refractivity contribution in [3.05, 3.63) is 106 Å². The Morgan fingerprint density at radius 1 is 1.14 bits per heavy atom. The Labute approximate surface area is 207 Å². The predicted molar refractivity (Wildman–Crippen MR) is 134 cm³/mol. The van der Waals surface area contributed by atoms with Crippen molar-refractivity contribution in [3.63, 3.8) is 0 Å². The number of hydrogen-bond acceptors (Lipinski definition) is 4.